The zero-order valence-corrected chi connectivity index (χ0v) is 16.5. The lowest BCUT2D eigenvalue weighted by Gasteiger charge is -2.17. The molecule has 0 amide bonds. The van der Waals surface area contributed by atoms with Crippen LogP contribution in [0.15, 0.2) is 65.3 Å². The van der Waals surface area contributed by atoms with Gasteiger partial charge in [-0.3, -0.25) is 14.6 Å². The molecule has 0 aliphatic rings. The lowest BCUT2D eigenvalue weighted by molar-refractivity contribution is -0.146. The van der Waals surface area contributed by atoms with Crippen LogP contribution in [0.1, 0.15) is 30.6 Å². The summed E-state index contributed by atoms with van der Waals surface area (Å²) in [6.45, 7) is 3.08. The van der Waals surface area contributed by atoms with Crippen molar-refractivity contribution in [3.8, 4) is 22.7 Å². The number of carboxylic acids is 1. The van der Waals surface area contributed by atoms with Gasteiger partial charge >= 0.3 is 5.97 Å². The van der Waals surface area contributed by atoms with E-state index in [0.29, 0.717) is 22.7 Å². The molecule has 3 aromatic heterocycles. The molecule has 0 fully saturated rings. The summed E-state index contributed by atoms with van der Waals surface area (Å²) in [4.78, 5) is 36.6. The zero-order valence-electron chi connectivity index (χ0n) is 16.5. The molecule has 0 radical (unpaired) electrons. The second kappa shape index (κ2) is 7.51. The number of carboxylic acid groups (broad SMARTS) is 1. The number of benzene rings is 1. The number of oxazole rings is 1. The van der Waals surface area contributed by atoms with Crippen molar-refractivity contribution in [3.05, 3.63) is 66.5 Å². The number of aliphatic carboxylic acids is 1. The van der Waals surface area contributed by atoms with E-state index in [1.807, 2.05) is 12.1 Å². The van der Waals surface area contributed by atoms with E-state index in [4.69, 9.17) is 4.42 Å². The van der Waals surface area contributed by atoms with Crippen LogP contribution in [0.3, 0.4) is 0 Å². The minimum Gasteiger partial charge on any atom is -0.481 e. The summed E-state index contributed by atoms with van der Waals surface area (Å²) in [5.41, 5.74) is 2.84. The summed E-state index contributed by atoms with van der Waals surface area (Å²) in [7, 11) is 0. The predicted molar refractivity (Wildman–Crippen MR) is 111 cm³/mol. The summed E-state index contributed by atoms with van der Waals surface area (Å²) in [5, 5.41) is 9.20. The Labute approximate surface area is 172 Å². The average Bonchev–Trinajstić information content (AvgIpc) is 3.18. The van der Waals surface area contributed by atoms with Gasteiger partial charge in [0.25, 0.3) is 0 Å². The maximum absolute atomic E-state index is 12.4. The van der Waals surface area contributed by atoms with E-state index in [-0.39, 0.29) is 12.2 Å². The van der Waals surface area contributed by atoms with E-state index in [0.717, 1.165) is 16.8 Å². The summed E-state index contributed by atoms with van der Waals surface area (Å²) in [5.74, 6) is -0.752. The molecule has 0 bridgehead atoms. The van der Waals surface area contributed by atoms with E-state index < -0.39 is 11.4 Å². The SMILES string of the molecule is CC(C)(CC(=O)c1ccc(-c2ccc(-c3nc4ncccc4o3)cn2)cc1)C(=O)O. The molecular weight excluding hydrogens is 382 g/mol. The second-order valence-corrected chi connectivity index (χ2v) is 7.64. The summed E-state index contributed by atoms with van der Waals surface area (Å²) in [6, 6.07) is 14.3. The third-order valence-electron chi connectivity index (χ3n) is 4.86. The van der Waals surface area contributed by atoms with Gasteiger partial charge < -0.3 is 9.52 Å². The minimum atomic E-state index is -1.10. The molecule has 4 rings (SSSR count). The Morgan fingerprint density at radius 2 is 1.73 bits per heavy atom. The van der Waals surface area contributed by atoms with Gasteiger partial charge in [-0.05, 0) is 38.1 Å². The number of nitrogens with zero attached hydrogens (tertiary/aromatic N) is 3. The number of hydrogen-bond donors (Lipinski definition) is 1. The van der Waals surface area contributed by atoms with Crippen molar-refractivity contribution in [2.75, 3.05) is 0 Å². The molecule has 0 unspecified atom stereocenters. The largest absolute Gasteiger partial charge is 0.481 e. The Morgan fingerprint density at radius 3 is 2.37 bits per heavy atom. The summed E-state index contributed by atoms with van der Waals surface area (Å²) < 4.78 is 5.71. The molecule has 0 atom stereocenters. The number of hydrogen-bond acceptors (Lipinski definition) is 6. The second-order valence-electron chi connectivity index (χ2n) is 7.64. The Hall–Kier alpha value is -3.87. The quantitative estimate of drug-likeness (QED) is 0.469. The van der Waals surface area contributed by atoms with E-state index in [9.17, 15) is 14.7 Å². The molecule has 7 heteroatoms. The fourth-order valence-corrected chi connectivity index (χ4v) is 2.99. The van der Waals surface area contributed by atoms with Crippen LogP contribution in [-0.2, 0) is 4.79 Å². The smallest absolute Gasteiger partial charge is 0.309 e. The fraction of sp³-hybridized carbons (Fsp3) is 0.174. The maximum Gasteiger partial charge on any atom is 0.309 e. The number of carbonyl (C=O) groups excluding carboxylic acids is 1. The van der Waals surface area contributed by atoms with Crippen molar-refractivity contribution in [1.82, 2.24) is 15.0 Å². The zero-order chi connectivity index (χ0) is 21.3. The molecule has 0 aliphatic carbocycles. The van der Waals surface area contributed by atoms with E-state index in [1.54, 1.807) is 62.6 Å². The Bertz CT molecular complexity index is 1190. The number of aromatic nitrogens is 3. The first kappa shape index (κ1) is 19.4. The van der Waals surface area contributed by atoms with Crippen molar-refractivity contribution in [2.24, 2.45) is 5.41 Å². The van der Waals surface area contributed by atoms with Gasteiger partial charge in [-0.15, -0.1) is 0 Å². The van der Waals surface area contributed by atoms with Gasteiger partial charge in [0, 0.05) is 29.9 Å². The van der Waals surface area contributed by atoms with Crippen LogP contribution < -0.4 is 0 Å². The number of fused-ring (bicyclic) bond motifs is 1. The van der Waals surface area contributed by atoms with Crippen LogP contribution in [0.4, 0.5) is 0 Å². The average molecular weight is 401 g/mol. The molecule has 30 heavy (non-hydrogen) atoms. The first-order chi connectivity index (χ1) is 14.3. The van der Waals surface area contributed by atoms with Crippen molar-refractivity contribution >= 4 is 23.0 Å². The highest BCUT2D eigenvalue weighted by Crippen LogP contribution is 2.26. The number of rotatable bonds is 6. The van der Waals surface area contributed by atoms with Crippen LogP contribution in [0.5, 0.6) is 0 Å². The Kier molecular flexibility index (Phi) is 4.87. The van der Waals surface area contributed by atoms with Gasteiger partial charge in [0.2, 0.25) is 5.89 Å². The highest BCUT2D eigenvalue weighted by Gasteiger charge is 2.30. The molecule has 4 aromatic rings. The van der Waals surface area contributed by atoms with Gasteiger partial charge in [0.15, 0.2) is 17.0 Å². The van der Waals surface area contributed by atoms with Crippen molar-refractivity contribution in [3.63, 3.8) is 0 Å². The predicted octanol–water partition coefficient (Wildman–Crippen LogP) is 4.64. The number of carbonyl (C=O) groups is 2. The molecule has 1 aromatic carbocycles. The first-order valence-electron chi connectivity index (χ1n) is 9.38. The molecule has 1 N–H and O–H groups in total. The lowest BCUT2D eigenvalue weighted by Crippen LogP contribution is -2.26. The van der Waals surface area contributed by atoms with Gasteiger partial charge in [0.1, 0.15) is 0 Å². The molecule has 0 spiro atoms. The maximum atomic E-state index is 12.4. The summed E-state index contributed by atoms with van der Waals surface area (Å²) in [6.07, 6.45) is 3.27. The standard InChI is InChI=1S/C23H19N3O4/c1-23(2,22(28)29)12-18(27)15-7-5-14(6-8-15)17-10-9-16(13-25-17)21-26-20-19(30-21)4-3-11-24-20/h3-11,13H,12H2,1-2H3,(H,28,29). The number of Topliss-reactive ketones (excluding diaryl/α,β-unsaturated/α-hetero) is 1. The first-order valence-corrected chi connectivity index (χ1v) is 9.38. The third-order valence-corrected chi connectivity index (χ3v) is 4.86. The van der Waals surface area contributed by atoms with Gasteiger partial charge in [-0.25, -0.2) is 4.98 Å². The monoisotopic (exact) mass is 401 g/mol. The minimum absolute atomic E-state index is 0.0615. The fourth-order valence-electron chi connectivity index (χ4n) is 2.99. The molecule has 0 saturated carbocycles. The van der Waals surface area contributed by atoms with E-state index >= 15 is 0 Å². The van der Waals surface area contributed by atoms with Gasteiger partial charge in [0.05, 0.1) is 16.7 Å². The molecule has 3 heterocycles. The van der Waals surface area contributed by atoms with Crippen molar-refractivity contribution in [1.29, 1.82) is 0 Å². The molecule has 0 aliphatic heterocycles. The van der Waals surface area contributed by atoms with Crippen LogP contribution in [-0.4, -0.2) is 31.8 Å². The number of pyridine rings is 2. The number of ketones is 1. The van der Waals surface area contributed by atoms with Crippen LogP contribution in [0.2, 0.25) is 0 Å². The normalized spacial score (nSPS) is 11.5. The Morgan fingerprint density at radius 1 is 1.00 bits per heavy atom. The van der Waals surface area contributed by atoms with E-state index in [2.05, 4.69) is 15.0 Å². The van der Waals surface area contributed by atoms with Crippen molar-refractivity contribution < 1.29 is 19.1 Å². The highest BCUT2D eigenvalue weighted by molar-refractivity contribution is 5.99. The third kappa shape index (κ3) is 3.82. The molecule has 150 valence electrons. The van der Waals surface area contributed by atoms with Crippen LogP contribution in [0.25, 0.3) is 33.9 Å². The highest BCUT2D eigenvalue weighted by atomic mass is 16.4. The van der Waals surface area contributed by atoms with Crippen LogP contribution >= 0.6 is 0 Å². The van der Waals surface area contributed by atoms with Crippen LogP contribution in [0, 0.1) is 5.41 Å². The molecule has 0 saturated heterocycles. The van der Waals surface area contributed by atoms with Gasteiger partial charge in [-0.1, -0.05) is 24.3 Å². The summed E-state index contributed by atoms with van der Waals surface area (Å²) >= 11 is 0. The van der Waals surface area contributed by atoms with Crippen molar-refractivity contribution in [2.45, 2.75) is 20.3 Å². The Balaban J connectivity index is 1.52. The molecular formula is C23H19N3O4. The van der Waals surface area contributed by atoms with E-state index in [1.165, 1.54) is 0 Å². The lowest BCUT2D eigenvalue weighted by atomic mass is 9.85. The molecule has 7 nitrogen and oxygen atoms in total. The van der Waals surface area contributed by atoms with Gasteiger partial charge in [-0.2, -0.15) is 4.98 Å². The topological polar surface area (TPSA) is 106 Å².